The molecule has 0 radical (unpaired) electrons. The van der Waals surface area contributed by atoms with Crippen molar-refractivity contribution in [2.75, 3.05) is 33.4 Å². The number of carbonyl (C=O) groups excluding carboxylic acids is 2. The molecular weight excluding hydrogens is 429 g/mol. The molecule has 2 amide bonds. The highest BCUT2D eigenvalue weighted by molar-refractivity contribution is 5.68. The van der Waals surface area contributed by atoms with Crippen LogP contribution in [0.1, 0.15) is 50.8 Å². The van der Waals surface area contributed by atoms with Gasteiger partial charge in [-0.15, -0.1) is 0 Å². The minimum absolute atomic E-state index is 0.0684. The molecule has 10 heteroatoms. The Kier molecular flexibility index (Phi) is 8.77. The van der Waals surface area contributed by atoms with Gasteiger partial charge in [-0.3, -0.25) is 0 Å². The summed E-state index contributed by atoms with van der Waals surface area (Å²) in [6.07, 6.45) is -4.92. The Morgan fingerprint density at radius 3 is 2.59 bits per heavy atom. The highest BCUT2D eigenvalue weighted by atomic mass is 19.4. The summed E-state index contributed by atoms with van der Waals surface area (Å²) in [5.41, 5.74) is -1.05. The molecule has 1 aliphatic rings. The number of piperidine rings is 1. The van der Waals surface area contributed by atoms with Crippen molar-refractivity contribution in [2.45, 2.75) is 51.5 Å². The number of likely N-dealkylation sites (tertiary alicyclic amines) is 1. The molecule has 32 heavy (non-hydrogen) atoms. The topological polar surface area (TPSA) is 77.1 Å². The van der Waals surface area contributed by atoms with Crippen LogP contribution in [0.2, 0.25) is 0 Å². The largest absolute Gasteiger partial charge is 0.453 e. The minimum Gasteiger partial charge on any atom is -0.453 e. The summed E-state index contributed by atoms with van der Waals surface area (Å²) in [6, 6.07) is 5.01. The van der Waals surface area contributed by atoms with Gasteiger partial charge in [0.1, 0.15) is 5.60 Å². The Morgan fingerprint density at radius 2 is 1.97 bits per heavy atom. The molecule has 1 aliphatic heterocycles. The number of alkyl halides is 3. The average molecular weight is 460 g/mol. The number of rotatable bonds is 6. The van der Waals surface area contributed by atoms with Crippen LogP contribution in [0, 0.1) is 5.92 Å². The molecule has 0 spiro atoms. The van der Waals surface area contributed by atoms with Gasteiger partial charge >= 0.3 is 18.4 Å². The van der Waals surface area contributed by atoms with Crippen molar-refractivity contribution in [3.63, 3.8) is 0 Å². The molecule has 7 nitrogen and oxygen atoms in total. The highest BCUT2D eigenvalue weighted by Crippen LogP contribution is 2.36. The molecule has 1 aromatic carbocycles. The van der Waals surface area contributed by atoms with Crippen LogP contribution in [0.3, 0.4) is 0 Å². The predicted molar refractivity (Wildman–Crippen MR) is 111 cm³/mol. The van der Waals surface area contributed by atoms with E-state index in [9.17, 15) is 22.8 Å². The Bertz CT molecular complexity index is 780. The molecule has 0 aliphatic carbocycles. The molecular formula is C22H31F3N2O5. The summed E-state index contributed by atoms with van der Waals surface area (Å²) in [7, 11) is 1.23. The summed E-state index contributed by atoms with van der Waals surface area (Å²) >= 11 is 0. The summed E-state index contributed by atoms with van der Waals surface area (Å²) in [5, 5.41) is 2.48. The molecule has 2 atom stereocenters. The second-order valence-electron chi connectivity index (χ2n) is 8.66. The smallest absolute Gasteiger partial charge is 0.416 e. The van der Waals surface area contributed by atoms with E-state index in [-0.39, 0.29) is 19.1 Å². The predicted octanol–water partition coefficient (Wildman–Crippen LogP) is 4.77. The monoisotopic (exact) mass is 460 g/mol. The molecule has 1 fully saturated rings. The van der Waals surface area contributed by atoms with E-state index in [0.717, 1.165) is 12.1 Å². The van der Waals surface area contributed by atoms with Crippen LogP contribution in [-0.4, -0.2) is 56.0 Å². The van der Waals surface area contributed by atoms with Crippen LogP contribution in [-0.2, 0) is 20.4 Å². The highest BCUT2D eigenvalue weighted by Gasteiger charge is 2.35. The van der Waals surface area contributed by atoms with Crippen LogP contribution in [0.5, 0.6) is 0 Å². The zero-order chi connectivity index (χ0) is 23.9. The summed E-state index contributed by atoms with van der Waals surface area (Å²) in [6.45, 7) is 6.31. The molecule has 2 rings (SSSR count). The number of alkyl carbamates (subject to hydrolysis) is 1. The van der Waals surface area contributed by atoms with E-state index >= 15 is 0 Å². The van der Waals surface area contributed by atoms with Crippen LogP contribution in [0.15, 0.2) is 24.3 Å². The van der Waals surface area contributed by atoms with Gasteiger partial charge in [0, 0.05) is 25.6 Å². The number of nitrogens with zero attached hydrogens (tertiary/aromatic N) is 1. The van der Waals surface area contributed by atoms with Crippen LogP contribution < -0.4 is 5.32 Å². The van der Waals surface area contributed by atoms with Gasteiger partial charge in [0.2, 0.25) is 0 Å². The van der Waals surface area contributed by atoms with Gasteiger partial charge in [-0.05, 0) is 51.3 Å². The first kappa shape index (κ1) is 25.8. The lowest BCUT2D eigenvalue weighted by Gasteiger charge is -2.37. The standard InChI is InChI=1S/C22H31F3N2O5/c1-21(2,3)32-20(29)27-11-6-8-16(14-27)18(31-12-10-26-19(28)30-4)15-7-5-9-17(13-15)22(23,24)25/h5,7,9,13,16,18H,6,8,10-12,14H2,1-4H3,(H,26,28)/t16-,18+/m1/s1. The Morgan fingerprint density at radius 1 is 1.25 bits per heavy atom. The van der Waals surface area contributed by atoms with Crippen molar-refractivity contribution in [1.29, 1.82) is 0 Å². The molecule has 0 unspecified atom stereocenters. The first-order valence-corrected chi connectivity index (χ1v) is 10.5. The van der Waals surface area contributed by atoms with Gasteiger partial charge in [0.05, 0.1) is 25.4 Å². The SMILES string of the molecule is COC(=O)NCCO[C@@H](c1cccc(C(F)(F)F)c1)[C@@H]1CCCN(C(=O)OC(C)(C)C)C1. The van der Waals surface area contributed by atoms with E-state index in [0.29, 0.717) is 31.5 Å². The first-order valence-electron chi connectivity index (χ1n) is 10.5. The first-order chi connectivity index (χ1) is 14.9. The summed E-state index contributed by atoms with van der Waals surface area (Å²) in [4.78, 5) is 25.3. The number of hydrogen-bond acceptors (Lipinski definition) is 5. The molecule has 0 bridgehead atoms. The maximum absolute atomic E-state index is 13.3. The third-order valence-corrected chi connectivity index (χ3v) is 4.93. The summed E-state index contributed by atoms with van der Waals surface area (Å²) in [5.74, 6) is -0.238. The number of hydrogen-bond donors (Lipinski definition) is 1. The molecule has 0 saturated carbocycles. The van der Waals surface area contributed by atoms with Crippen LogP contribution in [0.4, 0.5) is 22.8 Å². The number of methoxy groups -OCH3 is 1. The maximum Gasteiger partial charge on any atom is 0.416 e. The second kappa shape index (κ2) is 10.9. The van der Waals surface area contributed by atoms with Crippen molar-refractivity contribution >= 4 is 12.2 Å². The average Bonchev–Trinajstić information content (AvgIpc) is 2.72. The molecule has 1 aromatic rings. The maximum atomic E-state index is 13.3. The van der Waals surface area contributed by atoms with Crippen LogP contribution in [0.25, 0.3) is 0 Å². The van der Waals surface area contributed by atoms with E-state index in [2.05, 4.69) is 10.1 Å². The molecule has 1 heterocycles. The number of carbonyl (C=O) groups is 2. The number of benzene rings is 1. The van der Waals surface area contributed by atoms with E-state index in [1.807, 2.05) is 0 Å². The Labute approximate surface area is 186 Å². The Hall–Kier alpha value is -2.49. The van der Waals surface area contributed by atoms with Gasteiger partial charge in [0.25, 0.3) is 0 Å². The van der Waals surface area contributed by atoms with Gasteiger partial charge in [0.15, 0.2) is 0 Å². The van der Waals surface area contributed by atoms with Crippen LogP contribution >= 0.6 is 0 Å². The lowest BCUT2D eigenvalue weighted by Crippen LogP contribution is -2.44. The van der Waals surface area contributed by atoms with E-state index in [1.165, 1.54) is 13.2 Å². The van der Waals surface area contributed by atoms with Crippen molar-refractivity contribution < 1.29 is 37.0 Å². The third kappa shape index (κ3) is 7.89. The fraction of sp³-hybridized carbons (Fsp3) is 0.636. The van der Waals surface area contributed by atoms with Crippen molar-refractivity contribution in [2.24, 2.45) is 5.92 Å². The number of ether oxygens (including phenoxy) is 3. The van der Waals surface area contributed by atoms with Crippen molar-refractivity contribution in [3.8, 4) is 0 Å². The van der Waals surface area contributed by atoms with E-state index < -0.39 is 35.6 Å². The van der Waals surface area contributed by atoms with Gasteiger partial charge in [-0.25, -0.2) is 9.59 Å². The van der Waals surface area contributed by atoms with Crippen molar-refractivity contribution in [3.05, 3.63) is 35.4 Å². The quantitative estimate of drug-likeness (QED) is 0.619. The summed E-state index contributed by atoms with van der Waals surface area (Å²) < 4.78 is 55.7. The fourth-order valence-corrected chi connectivity index (χ4v) is 3.56. The Balaban J connectivity index is 2.20. The van der Waals surface area contributed by atoms with Gasteiger partial charge in [-0.1, -0.05) is 12.1 Å². The normalized spacial score (nSPS) is 18.1. The molecule has 1 N–H and O–H groups in total. The fourth-order valence-electron chi connectivity index (χ4n) is 3.56. The number of amides is 2. The van der Waals surface area contributed by atoms with Crippen molar-refractivity contribution in [1.82, 2.24) is 10.2 Å². The van der Waals surface area contributed by atoms with E-state index in [1.54, 1.807) is 31.7 Å². The molecule has 1 saturated heterocycles. The minimum atomic E-state index is -4.48. The van der Waals surface area contributed by atoms with E-state index in [4.69, 9.17) is 9.47 Å². The van der Waals surface area contributed by atoms with Gasteiger partial charge in [-0.2, -0.15) is 13.2 Å². The lowest BCUT2D eigenvalue weighted by atomic mass is 9.88. The molecule has 0 aromatic heterocycles. The van der Waals surface area contributed by atoms with Gasteiger partial charge < -0.3 is 24.4 Å². The number of halogens is 3. The molecule has 180 valence electrons. The second-order valence-corrected chi connectivity index (χ2v) is 8.66. The lowest BCUT2D eigenvalue weighted by molar-refractivity contribution is -0.137. The third-order valence-electron chi connectivity index (χ3n) is 4.93. The zero-order valence-corrected chi connectivity index (χ0v) is 18.8. The zero-order valence-electron chi connectivity index (χ0n) is 18.8. The number of nitrogens with one attached hydrogen (secondary N) is 1.